The fourth-order valence-corrected chi connectivity index (χ4v) is 3.27. The lowest BCUT2D eigenvalue weighted by molar-refractivity contribution is -0.115. The molecule has 0 bridgehead atoms. The van der Waals surface area contributed by atoms with E-state index in [2.05, 4.69) is 20.6 Å². The number of rotatable bonds is 7. The van der Waals surface area contributed by atoms with Crippen molar-refractivity contribution in [3.8, 4) is 17.2 Å². The van der Waals surface area contributed by atoms with E-state index in [1.165, 1.54) is 0 Å². The lowest BCUT2D eigenvalue weighted by atomic mass is 10.1. The topological polar surface area (TPSA) is 98.8 Å². The Morgan fingerprint density at radius 3 is 2.97 bits per heavy atom. The van der Waals surface area contributed by atoms with Crippen LogP contribution in [0, 0.1) is 0 Å². The molecule has 1 aliphatic rings. The van der Waals surface area contributed by atoms with E-state index in [9.17, 15) is 4.79 Å². The number of hydrogen-bond donors (Lipinski definition) is 1. The normalized spacial score (nSPS) is 15.4. The Balaban J connectivity index is 1.30. The van der Waals surface area contributed by atoms with E-state index in [4.69, 9.17) is 25.7 Å². The number of benzene rings is 2. The Hall–Kier alpha value is -3.39. The van der Waals surface area contributed by atoms with Gasteiger partial charge in [-0.05, 0) is 24.3 Å². The van der Waals surface area contributed by atoms with Crippen molar-refractivity contribution in [1.82, 2.24) is 15.5 Å². The van der Waals surface area contributed by atoms with Crippen molar-refractivity contribution in [2.45, 2.75) is 25.5 Å². The fraction of sp³-hybridized carbons (Fsp3) is 0.238. The second-order valence-electron chi connectivity index (χ2n) is 6.69. The van der Waals surface area contributed by atoms with Gasteiger partial charge in [-0.25, -0.2) is 0 Å². The van der Waals surface area contributed by atoms with Crippen LogP contribution in [0.1, 0.15) is 17.8 Å². The number of methoxy groups -OCH3 is 1. The van der Waals surface area contributed by atoms with Crippen LogP contribution >= 0.6 is 11.6 Å². The summed E-state index contributed by atoms with van der Waals surface area (Å²) < 4.78 is 10.6. The number of ether oxygens (including phenoxy) is 1. The van der Waals surface area contributed by atoms with Gasteiger partial charge in [0.05, 0.1) is 13.5 Å². The summed E-state index contributed by atoms with van der Waals surface area (Å²) in [7, 11) is 1.59. The van der Waals surface area contributed by atoms with Crippen molar-refractivity contribution >= 4 is 23.2 Å². The van der Waals surface area contributed by atoms with Gasteiger partial charge in [-0.2, -0.15) is 4.98 Å². The third-order valence-electron chi connectivity index (χ3n) is 4.58. The standard InChI is InChI=1S/C21H19ClN4O4/c1-28-18-8-3-2-5-14(18)12-23-20(27)17-10-16(29-25-17)11-19-24-21(30-26-19)13-6-4-7-15(22)9-13/h2-9,16H,10-12H2,1H3,(H,23,27)/t16-/m0/s1. The molecule has 2 heterocycles. The summed E-state index contributed by atoms with van der Waals surface area (Å²) in [6.45, 7) is 0.334. The molecule has 1 aromatic heterocycles. The number of nitrogens with one attached hydrogen (secondary N) is 1. The molecule has 0 spiro atoms. The van der Waals surface area contributed by atoms with Gasteiger partial charge in [0.1, 0.15) is 17.6 Å². The molecule has 0 saturated heterocycles. The molecule has 0 radical (unpaired) electrons. The van der Waals surface area contributed by atoms with Gasteiger partial charge in [0.15, 0.2) is 5.82 Å². The fourth-order valence-electron chi connectivity index (χ4n) is 3.08. The summed E-state index contributed by atoms with van der Waals surface area (Å²) in [5.74, 6) is 1.28. The van der Waals surface area contributed by atoms with Gasteiger partial charge in [-0.15, -0.1) is 0 Å². The predicted octanol–water partition coefficient (Wildman–Crippen LogP) is 3.40. The zero-order chi connectivity index (χ0) is 20.9. The molecule has 0 fully saturated rings. The van der Waals surface area contributed by atoms with Crippen LogP contribution in [0.25, 0.3) is 11.5 Å². The van der Waals surface area contributed by atoms with E-state index in [-0.39, 0.29) is 12.0 Å². The number of carbonyl (C=O) groups is 1. The molecular weight excluding hydrogens is 408 g/mol. The first-order valence-electron chi connectivity index (χ1n) is 9.33. The van der Waals surface area contributed by atoms with Gasteiger partial charge in [0.2, 0.25) is 0 Å². The predicted molar refractivity (Wildman–Crippen MR) is 110 cm³/mol. The molecule has 1 atom stereocenters. The van der Waals surface area contributed by atoms with Crippen molar-refractivity contribution < 1.29 is 18.9 Å². The van der Waals surface area contributed by atoms with Crippen molar-refractivity contribution in [3.63, 3.8) is 0 Å². The number of aromatic nitrogens is 2. The summed E-state index contributed by atoms with van der Waals surface area (Å²) in [5.41, 5.74) is 1.94. The lowest BCUT2D eigenvalue weighted by Crippen LogP contribution is -2.30. The Kier molecular flexibility index (Phi) is 5.94. The van der Waals surface area contributed by atoms with Crippen LogP contribution in [0.3, 0.4) is 0 Å². The highest BCUT2D eigenvalue weighted by molar-refractivity contribution is 6.39. The van der Waals surface area contributed by atoms with Gasteiger partial charge in [-0.1, -0.05) is 46.2 Å². The largest absolute Gasteiger partial charge is 0.496 e. The van der Waals surface area contributed by atoms with Crippen LogP contribution in [-0.2, 0) is 22.6 Å². The van der Waals surface area contributed by atoms with Gasteiger partial charge < -0.3 is 19.4 Å². The van der Waals surface area contributed by atoms with Gasteiger partial charge in [0, 0.05) is 29.1 Å². The SMILES string of the molecule is COc1ccccc1CNC(=O)C1=NO[C@H](Cc2noc(-c3cccc(Cl)c3)n2)C1. The number of halogens is 1. The van der Waals surface area contributed by atoms with E-state index < -0.39 is 0 Å². The molecule has 0 saturated carbocycles. The third-order valence-corrected chi connectivity index (χ3v) is 4.81. The average molecular weight is 427 g/mol. The number of amides is 1. The summed E-state index contributed by atoms with van der Waals surface area (Å²) in [4.78, 5) is 22.2. The monoisotopic (exact) mass is 426 g/mol. The van der Waals surface area contributed by atoms with Crippen LogP contribution in [0.5, 0.6) is 5.75 Å². The van der Waals surface area contributed by atoms with Gasteiger partial charge in [-0.3, -0.25) is 4.79 Å². The molecule has 0 aliphatic carbocycles. The summed E-state index contributed by atoms with van der Waals surface area (Å²) in [5, 5.41) is 11.3. The molecule has 1 N–H and O–H groups in total. The Morgan fingerprint density at radius 1 is 1.27 bits per heavy atom. The highest BCUT2D eigenvalue weighted by Crippen LogP contribution is 2.22. The lowest BCUT2D eigenvalue weighted by Gasteiger charge is -2.09. The Morgan fingerprint density at radius 2 is 2.13 bits per heavy atom. The minimum Gasteiger partial charge on any atom is -0.496 e. The first kappa shape index (κ1) is 19.9. The maximum Gasteiger partial charge on any atom is 0.269 e. The number of oxime groups is 1. The minimum absolute atomic E-state index is 0.281. The Bertz CT molecular complexity index is 1080. The number of carbonyl (C=O) groups excluding carboxylic acids is 1. The Labute approximate surface area is 177 Å². The van der Waals surface area contributed by atoms with Gasteiger partial charge >= 0.3 is 0 Å². The molecule has 154 valence electrons. The van der Waals surface area contributed by atoms with E-state index >= 15 is 0 Å². The highest BCUT2D eigenvalue weighted by Gasteiger charge is 2.28. The van der Waals surface area contributed by atoms with Crippen molar-refractivity contribution in [3.05, 3.63) is 64.9 Å². The molecule has 8 nitrogen and oxygen atoms in total. The summed E-state index contributed by atoms with van der Waals surface area (Å²) >= 11 is 6.00. The van der Waals surface area contributed by atoms with E-state index in [0.717, 1.165) is 11.1 Å². The molecule has 30 heavy (non-hydrogen) atoms. The van der Waals surface area contributed by atoms with Crippen molar-refractivity contribution in [1.29, 1.82) is 0 Å². The molecular formula is C21H19ClN4O4. The molecule has 0 unspecified atom stereocenters. The van der Waals surface area contributed by atoms with Crippen LogP contribution in [0.15, 0.2) is 58.2 Å². The molecule has 1 amide bonds. The van der Waals surface area contributed by atoms with E-state index in [1.54, 1.807) is 19.2 Å². The first-order chi connectivity index (χ1) is 14.6. The van der Waals surface area contributed by atoms with Crippen LogP contribution in [-0.4, -0.2) is 35.0 Å². The molecule has 4 rings (SSSR count). The summed E-state index contributed by atoms with van der Waals surface area (Å²) in [6, 6.07) is 14.7. The van der Waals surface area contributed by atoms with E-state index in [1.807, 2.05) is 36.4 Å². The zero-order valence-electron chi connectivity index (χ0n) is 16.2. The van der Waals surface area contributed by atoms with Crippen molar-refractivity contribution in [2.75, 3.05) is 7.11 Å². The van der Waals surface area contributed by atoms with Crippen LogP contribution in [0.4, 0.5) is 0 Å². The second kappa shape index (κ2) is 8.96. The minimum atomic E-state index is -0.332. The zero-order valence-corrected chi connectivity index (χ0v) is 16.9. The maximum absolute atomic E-state index is 12.4. The smallest absolute Gasteiger partial charge is 0.269 e. The molecule has 9 heteroatoms. The first-order valence-corrected chi connectivity index (χ1v) is 9.71. The van der Waals surface area contributed by atoms with Crippen LogP contribution < -0.4 is 10.1 Å². The van der Waals surface area contributed by atoms with E-state index in [0.29, 0.717) is 47.6 Å². The number of para-hydroxylation sites is 1. The van der Waals surface area contributed by atoms with Gasteiger partial charge in [0.25, 0.3) is 11.8 Å². The van der Waals surface area contributed by atoms with Crippen LogP contribution in [0.2, 0.25) is 5.02 Å². The molecule has 2 aromatic carbocycles. The molecule has 1 aliphatic heterocycles. The highest BCUT2D eigenvalue weighted by atomic mass is 35.5. The number of hydrogen-bond acceptors (Lipinski definition) is 7. The average Bonchev–Trinajstić information content (AvgIpc) is 3.42. The maximum atomic E-state index is 12.4. The third kappa shape index (κ3) is 4.60. The second-order valence-corrected chi connectivity index (χ2v) is 7.13. The summed E-state index contributed by atoms with van der Waals surface area (Å²) in [6.07, 6.45) is 0.400. The quantitative estimate of drug-likeness (QED) is 0.621. The number of nitrogens with zero attached hydrogens (tertiary/aromatic N) is 3. The molecule has 3 aromatic rings. The van der Waals surface area contributed by atoms with Crippen molar-refractivity contribution in [2.24, 2.45) is 5.16 Å².